The molecule has 1 aliphatic carbocycles. The lowest BCUT2D eigenvalue weighted by Gasteiger charge is -2.23. The van der Waals surface area contributed by atoms with E-state index in [1.54, 1.807) is 0 Å². The van der Waals surface area contributed by atoms with E-state index in [1.165, 1.54) is 0 Å². The number of carboxylic acids is 1. The van der Waals surface area contributed by atoms with Gasteiger partial charge in [0.2, 0.25) is 10.0 Å². The molecule has 1 heterocycles. The van der Waals surface area contributed by atoms with Gasteiger partial charge in [-0.25, -0.2) is 12.7 Å². The molecular weight excluding hydrogens is 287 g/mol. The molecule has 0 radical (unpaired) electrons. The Morgan fingerprint density at radius 3 is 2.53 bits per heavy atom. The van der Waals surface area contributed by atoms with Gasteiger partial charge >= 0.3 is 12.1 Å². The monoisotopic (exact) mass is 301 g/mol. The summed E-state index contributed by atoms with van der Waals surface area (Å²) in [5, 5.41) is 9.25. The van der Waals surface area contributed by atoms with Crippen LogP contribution >= 0.6 is 0 Å². The number of hydrogen-bond acceptors (Lipinski definition) is 3. The molecule has 1 aliphatic heterocycles. The summed E-state index contributed by atoms with van der Waals surface area (Å²) in [5.41, 5.74) is -1.20. The van der Waals surface area contributed by atoms with Crippen molar-refractivity contribution >= 4 is 16.0 Å². The second kappa shape index (κ2) is 4.34. The zero-order valence-electron chi connectivity index (χ0n) is 9.98. The predicted octanol–water partition coefficient (Wildman–Crippen LogP) is 1.07. The first-order chi connectivity index (χ1) is 8.57. The first-order valence-electron chi connectivity index (χ1n) is 5.85. The maximum atomic E-state index is 12.2. The van der Waals surface area contributed by atoms with Gasteiger partial charge in [0.25, 0.3) is 0 Å². The molecule has 9 heteroatoms. The van der Waals surface area contributed by atoms with Crippen molar-refractivity contribution in [2.45, 2.75) is 25.4 Å². The second-order valence-corrected chi connectivity index (χ2v) is 7.18. The van der Waals surface area contributed by atoms with Crippen molar-refractivity contribution in [1.29, 1.82) is 0 Å². The van der Waals surface area contributed by atoms with Crippen molar-refractivity contribution in [3.63, 3.8) is 0 Å². The van der Waals surface area contributed by atoms with Crippen LogP contribution in [0.2, 0.25) is 0 Å². The quantitative estimate of drug-likeness (QED) is 0.846. The number of sulfonamides is 1. The highest BCUT2D eigenvalue weighted by Crippen LogP contribution is 2.49. The van der Waals surface area contributed by atoms with Crippen molar-refractivity contribution in [2.24, 2.45) is 11.3 Å². The minimum Gasteiger partial charge on any atom is -0.481 e. The Morgan fingerprint density at radius 2 is 2.05 bits per heavy atom. The maximum Gasteiger partial charge on any atom is 0.404 e. The maximum absolute atomic E-state index is 12.2. The lowest BCUT2D eigenvalue weighted by Crippen LogP contribution is -2.40. The summed E-state index contributed by atoms with van der Waals surface area (Å²) in [4.78, 5) is 11.3. The van der Waals surface area contributed by atoms with Crippen LogP contribution in [0.1, 0.15) is 19.3 Å². The molecule has 0 bridgehead atoms. The Balaban J connectivity index is 2.20. The molecule has 2 rings (SSSR count). The molecule has 110 valence electrons. The van der Waals surface area contributed by atoms with Crippen LogP contribution < -0.4 is 0 Å². The first kappa shape index (κ1) is 14.6. The lowest BCUT2D eigenvalue weighted by molar-refractivity contribution is -0.149. The molecule has 1 N–H and O–H groups in total. The first-order valence-corrected chi connectivity index (χ1v) is 7.46. The molecule has 19 heavy (non-hydrogen) atoms. The molecule has 1 saturated heterocycles. The Labute approximate surface area is 108 Å². The summed E-state index contributed by atoms with van der Waals surface area (Å²) in [6, 6.07) is 0. The fourth-order valence-electron chi connectivity index (χ4n) is 3.10. The largest absolute Gasteiger partial charge is 0.481 e. The van der Waals surface area contributed by atoms with Crippen molar-refractivity contribution in [3.05, 3.63) is 0 Å². The van der Waals surface area contributed by atoms with Crippen molar-refractivity contribution in [2.75, 3.05) is 18.8 Å². The van der Waals surface area contributed by atoms with Gasteiger partial charge in [-0.2, -0.15) is 13.2 Å². The lowest BCUT2D eigenvalue weighted by atomic mass is 9.81. The molecule has 2 fully saturated rings. The molecule has 0 unspecified atom stereocenters. The van der Waals surface area contributed by atoms with Crippen LogP contribution in [0.5, 0.6) is 0 Å². The standard InChI is InChI=1S/C10H14F3NO4S/c11-10(12,13)6-19(17,18)14-4-7-2-1-3-9(7,5-14)8(15)16/h7H,1-6H2,(H,15,16)/t7-,9+/m0/s1. The summed E-state index contributed by atoms with van der Waals surface area (Å²) >= 11 is 0. The van der Waals surface area contributed by atoms with Gasteiger partial charge in [-0.15, -0.1) is 0 Å². The van der Waals surface area contributed by atoms with Gasteiger partial charge in [0.15, 0.2) is 5.75 Å². The normalized spacial score (nSPS) is 32.5. The van der Waals surface area contributed by atoms with Crippen LogP contribution in [0.15, 0.2) is 0 Å². The minimum atomic E-state index is -4.81. The van der Waals surface area contributed by atoms with Crippen LogP contribution in [-0.2, 0) is 14.8 Å². The Bertz CT molecular complexity index is 489. The fourth-order valence-corrected chi connectivity index (χ4v) is 4.53. The van der Waals surface area contributed by atoms with Crippen molar-refractivity contribution in [3.8, 4) is 0 Å². The van der Waals surface area contributed by atoms with E-state index < -0.39 is 33.3 Å². The van der Waals surface area contributed by atoms with Gasteiger partial charge in [0, 0.05) is 13.1 Å². The number of carboxylic acid groups (broad SMARTS) is 1. The fraction of sp³-hybridized carbons (Fsp3) is 0.900. The van der Waals surface area contributed by atoms with Gasteiger partial charge in [0.05, 0.1) is 5.41 Å². The summed E-state index contributed by atoms with van der Waals surface area (Å²) in [5.74, 6) is -3.42. The number of rotatable bonds is 3. The topological polar surface area (TPSA) is 74.7 Å². The third-order valence-corrected chi connectivity index (χ3v) is 5.76. The Morgan fingerprint density at radius 1 is 1.42 bits per heavy atom. The molecule has 0 aromatic carbocycles. The van der Waals surface area contributed by atoms with E-state index in [0.29, 0.717) is 23.6 Å². The second-order valence-electron chi connectivity index (χ2n) is 5.21. The number of hydrogen-bond donors (Lipinski definition) is 1. The van der Waals surface area contributed by atoms with Crippen LogP contribution in [0.4, 0.5) is 13.2 Å². The predicted molar refractivity (Wildman–Crippen MR) is 58.8 cm³/mol. The summed E-state index contributed by atoms with van der Waals surface area (Å²) in [6.07, 6.45) is -3.27. The number of halogens is 3. The molecule has 0 aromatic rings. The van der Waals surface area contributed by atoms with E-state index in [1.807, 2.05) is 0 Å². The molecule has 0 aromatic heterocycles. The molecule has 2 atom stereocenters. The number of nitrogens with zero attached hydrogens (tertiary/aromatic N) is 1. The van der Waals surface area contributed by atoms with E-state index in [-0.39, 0.29) is 19.0 Å². The third kappa shape index (κ3) is 2.58. The average Bonchev–Trinajstić information content (AvgIpc) is 2.68. The van der Waals surface area contributed by atoms with E-state index in [4.69, 9.17) is 0 Å². The van der Waals surface area contributed by atoms with Crippen LogP contribution in [0, 0.1) is 11.3 Å². The smallest absolute Gasteiger partial charge is 0.404 e. The number of fused-ring (bicyclic) bond motifs is 1. The van der Waals surface area contributed by atoms with E-state index in [9.17, 15) is 31.5 Å². The molecule has 0 amide bonds. The van der Waals surface area contributed by atoms with Gasteiger partial charge in [-0.1, -0.05) is 6.42 Å². The van der Waals surface area contributed by atoms with Crippen molar-refractivity contribution in [1.82, 2.24) is 4.31 Å². The van der Waals surface area contributed by atoms with Gasteiger partial charge in [0.1, 0.15) is 0 Å². The number of aliphatic carboxylic acids is 1. The SMILES string of the molecule is O=C(O)[C@@]12CCC[C@H]1CN(S(=O)(=O)CC(F)(F)F)C2. The Kier molecular flexibility index (Phi) is 3.33. The minimum absolute atomic E-state index is 0.120. The van der Waals surface area contributed by atoms with Gasteiger partial charge in [-0.05, 0) is 18.8 Å². The number of alkyl halides is 3. The molecular formula is C10H14F3NO4S. The molecule has 0 spiro atoms. The van der Waals surface area contributed by atoms with Crippen LogP contribution in [0.25, 0.3) is 0 Å². The zero-order chi connectivity index (χ0) is 14.5. The average molecular weight is 301 g/mol. The highest BCUT2D eigenvalue weighted by molar-refractivity contribution is 7.89. The van der Waals surface area contributed by atoms with E-state index >= 15 is 0 Å². The molecule has 5 nitrogen and oxygen atoms in total. The van der Waals surface area contributed by atoms with Crippen LogP contribution in [0.3, 0.4) is 0 Å². The highest BCUT2D eigenvalue weighted by Gasteiger charge is 2.57. The summed E-state index contributed by atoms with van der Waals surface area (Å²) < 4.78 is 60.7. The summed E-state index contributed by atoms with van der Waals surface area (Å²) in [6.45, 7) is -0.462. The summed E-state index contributed by atoms with van der Waals surface area (Å²) in [7, 11) is -4.49. The molecule has 1 saturated carbocycles. The van der Waals surface area contributed by atoms with Gasteiger partial charge in [-0.3, -0.25) is 4.79 Å². The number of carbonyl (C=O) groups is 1. The van der Waals surface area contributed by atoms with E-state index in [2.05, 4.69) is 0 Å². The van der Waals surface area contributed by atoms with E-state index in [0.717, 1.165) is 0 Å². The third-order valence-electron chi connectivity index (χ3n) is 4.00. The van der Waals surface area contributed by atoms with Crippen molar-refractivity contribution < 1.29 is 31.5 Å². The zero-order valence-corrected chi connectivity index (χ0v) is 10.8. The molecule has 2 aliphatic rings. The highest BCUT2D eigenvalue weighted by atomic mass is 32.2. The van der Waals surface area contributed by atoms with Gasteiger partial charge < -0.3 is 5.11 Å². The van der Waals surface area contributed by atoms with Crippen LogP contribution in [-0.4, -0.2) is 48.8 Å². The Hall–Kier alpha value is -0.830.